The van der Waals surface area contributed by atoms with E-state index in [1.165, 1.54) is 14.2 Å². The molecule has 0 atom stereocenters. The average Bonchev–Trinajstić information content (AvgIpc) is 2.21. The highest BCUT2D eigenvalue weighted by atomic mass is 16.5. The molecule has 0 saturated heterocycles. The van der Waals surface area contributed by atoms with Gasteiger partial charge in [0.1, 0.15) is 0 Å². The number of alkyl carbamates (subject to hydrolysis) is 1. The van der Waals surface area contributed by atoms with Crippen LogP contribution in [0.1, 0.15) is 6.42 Å². The number of amides is 2. The highest BCUT2D eigenvalue weighted by molar-refractivity contribution is 5.76. The van der Waals surface area contributed by atoms with Crippen LogP contribution in [0.3, 0.4) is 0 Å². The van der Waals surface area contributed by atoms with Crippen molar-refractivity contribution in [3.05, 3.63) is 0 Å². The van der Waals surface area contributed by atoms with E-state index < -0.39 is 6.09 Å². The largest absolute Gasteiger partial charge is 0.453 e. The molecule has 0 aliphatic rings. The predicted octanol–water partition coefficient (Wildman–Crippen LogP) is -0.505. The van der Waals surface area contributed by atoms with Gasteiger partial charge in [-0.05, 0) is 0 Å². The lowest BCUT2D eigenvalue weighted by Crippen LogP contribution is -2.34. The first kappa shape index (κ1) is 12.7. The maximum atomic E-state index is 11.0. The van der Waals surface area contributed by atoms with Crippen LogP contribution in [0.15, 0.2) is 0 Å². The van der Waals surface area contributed by atoms with Gasteiger partial charge < -0.3 is 20.1 Å². The van der Waals surface area contributed by atoms with Crippen molar-refractivity contribution in [2.24, 2.45) is 0 Å². The predicted molar refractivity (Wildman–Crippen MR) is 49.9 cm³/mol. The van der Waals surface area contributed by atoms with Gasteiger partial charge in [0.25, 0.3) is 0 Å². The van der Waals surface area contributed by atoms with Crippen LogP contribution < -0.4 is 10.6 Å². The second-order valence-corrected chi connectivity index (χ2v) is 2.51. The number of nitrogens with one attached hydrogen (secondary N) is 2. The molecule has 14 heavy (non-hydrogen) atoms. The lowest BCUT2D eigenvalue weighted by molar-refractivity contribution is -0.121. The van der Waals surface area contributed by atoms with Crippen molar-refractivity contribution in [3.8, 4) is 0 Å². The number of carbonyl (C=O) groups excluding carboxylic acids is 2. The van der Waals surface area contributed by atoms with E-state index in [4.69, 9.17) is 4.74 Å². The van der Waals surface area contributed by atoms with Crippen LogP contribution in [-0.4, -0.2) is 45.9 Å². The summed E-state index contributed by atoms with van der Waals surface area (Å²) in [7, 11) is 2.82. The summed E-state index contributed by atoms with van der Waals surface area (Å²) in [6.45, 7) is 1.14. The van der Waals surface area contributed by atoms with Gasteiger partial charge >= 0.3 is 6.09 Å². The highest BCUT2D eigenvalue weighted by Crippen LogP contribution is 1.79. The minimum absolute atomic E-state index is 0.0986. The first-order chi connectivity index (χ1) is 6.70. The molecule has 0 spiro atoms. The highest BCUT2D eigenvalue weighted by Gasteiger charge is 2.00. The third-order valence-electron chi connectivity index (χ3n) is 1.44. The Bertz CT molecular complexity index is 184. The molecule has 2 amide bonds. The molecule has 0 aromatic rings. The van der Waals surface area contributed by atoms with E-state index in [9.17, 15) is 9.59 Å². The maximum Gasteiger partial charge on any atom is 0.406 e. The lowest BCUT2D eigenvalue weighted by Gasteiger charge is -2.05. The minimum atomic E-state index is -0.504. The Hall–Kier alpha value is -1.30. The topological polar surface area (TPSA) is 76.7 Å². The van der Waals surface area contributed by atoms with E-state index in [2.05, 4.69) is 15.4 Å². The molecule has 6 heteroatoms. The summed E-state index contributed by atoms with van der Waals surface area (Å²) in [4.78, 5) is 21.5. The number of methoxy groups -OCH3 is 2. The molecule has 82 valence electrons. The standard InChI is InChI=1S/C8H16N2O4/c1-13-6-3-7(11)9-4-5-10-8(12)14-2/h3-6H2,1-2H3,(H,9,11)(H,10,12). The van der Waals surface area contributed by atoms with Crippen LogP contribution in [0.2, 0.25) is 0 Å². The molecule has 0 heterocycles. The van der Waals surface area contributed by atoms with E-state index in [1.54, 1.807) is 0 Å². The van der Waals surface area contributed by atoms with Crippen LogP contribution in [0.4, 0.5) is 4.79 Å². The maximum absolute atomic E-state index is 11.0. The quantitative estimate of drug-likeness (QED) is 0.571. The molecule has 0 radical (unpaired) electrons. The number of rotatable bonds is 6. The monoisotopic (exact) mass is 204 g/mol. The van der Waals surface area contributed by atoms with Crippen LogP contribution in [0.5, 0.6) is 0 Å². The lowest BCUT2D eigenvalue weighted by atomic mass is 10.4. The zero-order valence-electron chi connectivity index (χ0n) is 8.46. The normalized spacial score (nSPS) is 9.29. The molecular formula is C8H16N2O4. The van der Waals surface area contributed by atoms with E-state index >= 15 is 0 Å². The average molecular weight is 204 g/mol. The summed E-state index contributed by atoms with van der Waals surface area (Å²) in [5, 5.41) is 5.04. The van der Waals surface area contributed by atoms with Crippen molar-refractivity contribution < 1.29 is 19.1 Å². The molecule has 0 aromatic heterocycles. The number of ether oxygens (including phenoxy) is 2. The molecule has 0 unspecified atom stereocenters. The molecule has 0 aliphatic carbocycles. The van der Waals surface area contributed by atoms with E-state index in [0.29, 0.717) is 26.1 Å². The minimum Gasteiger partial charge on any atom is -0.453 e. The summed E-state index contributed by atoms with van der Waals surface area (Å²) < 4.78 is 9.06. The van der Waals surface area contributed by atoms with Crippen molar-refractivity contribution in [1.82, 2.24) is 10.6 Å². The van der Waals surface area contributed by atoms with Crippen molar-refractivity contribution in [3.63, 3.8) is 0 Å². The number of hydrogen-bond donors (Lipinski definition) is 2. The van der Waals surface area contributed by atoms with Gasteiger partial charge in [0.15, 0.2) is 0 Å². The van der Waals surface area contributed by atoms with Crippen LogP contribution in [-0.2, 0) is 14.3 Å². The summed E-state index contributed by atoms with van der Waals surface area (Å²) in [6, 6.07) is 0. The van der Waals surface area contributed by atoms with Crippen molar-refractivity contribution >= 4 is 12.0 Å². The summed E-state index contributed by atoms with van der Waals surface area (Å²) in [6.07, 6.45) is -0.175. The van der Waals surface area contributed by atoms with Gasteiger partial charge in [-0.1, -0.05) is 0 Å². The van der Waals surface area contributed by atoms with Gasteiger partial charge in [0, 0.05) is 26.6 Å². The molecule has 6 nitrogen and oxygen atoms in total. The molecule has 0 bridgehead atoms. The Morgan fingerprint density at radius 1 is 1.14 bits per heavy atom. The number of hydrogen-bond acceptors (Lipinski definition) is 4. The van der Waals surface area contributed by atoms with Crippen molar-refractivity contribution in [1.29, 1.82) is 0 Å². The zero-order valence-corrected chi connectivity index (χ0v) is 8.46. The summed E-state index contributed by atoms with van der Waals surface area (Å²) in [5.74, 6) is -0.0986. The fourth-order valence-corrected chi connectivity index (χ4v) is 0.722. The van der Waals surface area contributed by atoms with Gasteiger partial charge in [0.05, 0.1) is 13.7 Å². The van der Waals surface area contributed by atoms with Crippen molar-refractivity contribution in [2.45, 2.75) is 6.42 Å². The Morgan fingerprint density at radius 3 is 2.36 bits per heavy atom. The summed E-state index contributed by atoms with van der Waals surface area (Å²) >= 11 is 0. The fraction of sp³-hybridized carbons (Fsp3) is 0.750. The molecule has 0 fully saturated rings. The van der Waals surface area contributed by atoms with Gasteiger partial charge in [0.2, 0.25) is 5.91 Å². The second-order valence-electron chi connectivity index (χ2n) is 2.51. The van der Waals surface area contributed by atoms with Crippen molar-refractivity contribution in [2.75, 3.05) is 33.9 Å². The third-order valence-corrected chi connectivity index (χ3v) is 1.44. The Balaban J connectivity index is 3.27. The van der Waals surface area contributed by atoms with Crippen LogP contribution in [0, 0.1) is 0 Å². The molecule has 0 aromatic carbocycles. The van der Waals surface area contributed by atoms with E-state index in [0.717, 1.165) is 0 Å². The Kier molecular flexibility index (Phi) is 7.53. The first-order valence-corrected chi connectivity index (χ1v) is 4.28. The van der Waals surface area contributed by atoms with Gasteiger partial charge in [-0.25, -0.2) is 4.79 Å². The smallest absolute Gasteiger partial charge is 0.406 e. The molecule has 0 aliphatic heterocycles. The SMILES string of the molecule is COCCC(=O)NCCNC(=O)OC. The third kappa shape index (κ3) is 7.35. The molecular weight excluding hydrogens is 188 g/mol. The van der Waals surface area contributed by atoms with E-state index in [-0.39, 0.29) is 5.91 Å². The zero-order chi connectivity index (χ0) is 10.8. The summed E-state index contributed by atoms with van der Waals surface area (Å²) in [5.41, 5.74) is 0. The molecule has 0 saturated carbocycles. The molecule has 0 rings (SSSR count). The Morgan fingerprint density at radius 2 is 1.79 bits per heavy atom. The second kappa shape index (κ2) is 8.31. The molecule has 2 N–H and O–H groups in total. The van der Waals surface area contributed by atoms with Gasteiger partial charge in [-0.2, -0.15) is 0 Å². The van der Waals surface area contributed by atoms with Gasteiger partial charge in [-0.3, -0.25) is 4.79 Å². The van der Waals surface area contributed by atoms with Crippen LogP contribution >= 0.6 is 0 Å². The number of carbonyl (C=O) groups is 2. The Labute approximate surface area is 82.9 Å². The van der Waals surface area contributed by atoms with E-state index in [1.807, 2.05) is 0 Å². The first-order valence-electron chi connectivity index (χ1n) is 4.28. The fourth-order valence-electron chi connectivity index (χ4n) is 0.722. The van der Waals surface area contributed by atoms with Crippen LogP contribution in [0.25, 0.3) is 0 Å². The van der Waals surface area contributed by atoms with Gasteiger partial charge in [-0.15, -0.1) is 0 Å².